The molecule has 4 saturated carbocycles. The minimum Gasteiger partial charge on any atom is -0.474 e. The molecule has 5 fully saturated rings. The van der Waals surface area contributed by atoms with Gasteiger partial charge in [-0.1, -0.05) is 0 Å². The first-order valence-corrected chi connectivity index (χ1v) is 11.3. The fourth-order valence-electron chi connectivity index (χ4n) is 6.18. The smallest absolute Gasteiger partial charge is 0.258 e. The summed E-state index contributed by atoms with van der Waals surface area (Å²) in [4.78, 5) is 22.1. The number of hydrogen-bond acceptors (Lipinski definition) is 7. The third kappa shape index (κ3) is 3.87. The Labute approximate surface area is 177 Å². The number of hydrogen-bond donors (Lipinski definition) is 3. The van der Waals surface area contributed by atoms with E-state index in [4.69, 9.17) is 9.47 Å². The summed E-state index contributed by atoms with van der Waals surface area (Å²) in [6.45, 7) is 5.19. The Balaban J connectivity index is 1.33. The van der Waals surface area contributed by atoms with Crippen LogP contribution < -0.4 is 15.4 Å². The lowest BCUT2D eigenvalue weighted by Crippen LogP contribution is -2.61. The van der Waals surface area contributed by atoms with Gasteiger partial charge in [-0.2, -0.15) is 4.98 Å². The number of nitrogens with one attached hydrogen (secondary N) is 2. The van der Waals surface area contributed by atoms with Gasteiger partial charge in [-0.05, 0) is 70.1 Å². The molecule has 2 heterocycles. The Hall–Kier alpha value is -1.93. The molecule has 4 aliphatic carbocycles. The van der Waals surface area contributed by atoms with E-state index in [1.165, 1.54) is 0 Å². The molecular weight excluding hydrogens is 384 g/mol. The topological polar surface area (TPSA) is 106 Å². The highest BCUT2D eigenvalue weighted by atomic mass is 16.5. The van der Waals surface area contributed by atoms with Crippen molar-refractivity contribution in [2.75, 3.05) is 18.5 Å². The second-order valence-electron chi connectivity index (χ2n) is 9.98. The van der Waals surface area contributed by atoms with Gasteiger partial charge in [0.05, 0.1) is 24.4 Å². The molecule has 8 heteroatoms. The van der Waals surface area contributed by atoms with E-state index >= 15 is 0 Å². The van der Waals surface area contributed by atoms with Crippen molar-refractivity contribution in [3.63, 3.8) is 0 Å². The van der Waals surface area contributed by atoms with E-state index in [1.807, 2.05) is 13.8 Å². The van der Waals surface area contributed by atoms with Gasteiger partial charge in [0.15, 0.2) is 0 Å². The first-order valence-electron chi connectivity index (χ1n) is 11.3. The molecule has 1 aromatic rings. The maximum Gasteiger partial charge on any atom is 0.258 e. The van der Waals surface area contributed by atoms with Crippen molar-refractivity contribution in [1.29, 1.82) is 0 Å². The molecule has 1 aromatic heterocycles. The number of nitrogens with zero attached hydrogens (tertiary/aromatic N) is 2. The fourth-order valence-corrected chi connectivity index (χ4v) is 6.18. The minimum absolute atomic E-state index is 0.106. The van der Waals surface area contributed by atoms with Crippen molar-refractivity contribution in [2.45, 2.75) is 76.2 Å². The molecule has 0 radical (unpaired) electrons. The lowest BCUT2D eigenvalue weighted by atomic mass is 9.52. The number of amides is 1. The average Bonchev–Trinajstić information content (AvgIpc) is 3.16. The summed E-state index contributed by atoms with van der Waals surface area (Å²) >= 11 is 0. The van der Waals surface area contributed by atoms with Crippen molar-refractivity contribution >= 4 is 11.9 Å². The van der Waals surface area contributed by atoms with Gasteiger partial charge in [-0.3, -0.25) is 4.79 Å². The van der Waals surface area contributed by atoms with Crippen LogP contribution in [-0.2, 0) is 4.74 Å². The monoisotopic (exact) mass is 416 g/mol. The van der Waals surface area contributed by atoms with E-state index in [-0.39, 0.29) is 24.1 Å². The molecule has 1 aliphatic heterocycles. The Morgan fingerprint density at radius 1 is 1.30 bits per heavy atom. The van der Waals surface area contributed by atoms with Crippen molar-refractivity contribution in [3.05, 3.63) is 11.8 Å². The molecule has 8 nitrogen and oxygen atoms in total. The fraction of sp³-hybridized carbons (Fsp3) is 0.773. The normalized spacial score (nSPS) is 36.9. The first kappa shape index (κ1) is 20.0. The molecule has 0 spiro atoms. The van der Waals surface area contributed by atoms with Crippen LogP contribution in [0.1, 0.15) is 62.7 Å². The lowest BCUT2D eigenvalue weighted by molar-refractivity contribution is -0.136. The van der Waals surface area contributed by atoms with Gasteiger partial charge < -0.3 is 25.2 Å². The Kier molecular flexibility index (Phi) is 5.09. The predicted octanol–water partition coefficient (Wildman–Crippen LogP) is 2.13. The second kappa shape index (κ2) is 7.64. The van der Waals surface area contributed by atoms with Crippen molar-refractivity contribution in [3.8, 4) is 5.88 Å². The molecule has 3 atom stereocenters. The Morgan fingerprint density at radius 2 is 2.07 bits per heavy atom. The van der Waals surface area contributed by atoms with Gasteiger partial charge in [0.25, 0.3) is 5.91 Å². The van der Waals surface area contributed by atoms with E-state index in [1.54, 1.807) is 6.20 Å². The zero-order valence-corrected chi connectivity index (χ0v) is 17.8. The number of carbonyl (C=O) groups excluding carboxylic acids is 1. The van der Waals surface area contributed by atoms with Crippen molar-refractivity contribution in [1.82, 2.24) is 15.3 Å². The van der Waals surface area contributed by atoms with E-state index in [9.17, 15) is 9.90 Å². The summed E-state index contributed by atoms with van der Waals surface area (Å²) in [6.07, 6.45) is 7.08. The van der Waals surface area contributed by atoms with Gasteiger partial charge in [0.2, 0.25) is 11.8 Å². The van der Waals surface area contributed by atoms with Crippen LogP contribution >= 0.6 is 0 Å². The van der Waals surface area contributed by atoms with Crippen LogP contribution in [0.4, 0.5) is 5.95 Å². The quantitative estimate of drug-likeness (QED) is 0.652. The molecular formula is C22H32N4O4. The van der Waals surface area contributed by atoms with Crippen LogP contribution in [-0.4, -0.2) is 58.0 Å². The predicted molar refractivity (Wildman–Crippen MR) is 110 cm³/mol. The minimum atomic E-state index is -0.510. The summed E-state index contributed by atoms with van der Waals surface area (Å²) in [5.74, 6) is 1.88. The van der Waals surface area contributed by atoms with E-state index in [0.717, 1.165) is 45.1 Å². The third-order valence-corrected chi connectivity index (χ3v) is 7.15. The second-order valence-corrected chi connectivity index (χ2v) is 9.98. The van der Waals surface area contributed by atoms with Crippen LogP contribution in [0.25, 0.3) is 0 Å². The summed E-state index contributed by atoms with van der Waals surface area (Å²) in [5, 5.41) is 17.3. The van der Waals surface area contributed by atoms with Gasteiger partial charge in [0, 0.05) is 18.8 Å². The summed E-state index contributed by atoms with van der Waals surface area (Å²) in [7, 11) is 0. The zero-order chi connectivity index (χ0) is 20.9. The molecule has 4 bridgehead atoms. The van der Waals surface area contributed by atoms with Crippen LogP contribution in [0.15, 0.2) is 6.20 Å². The average molecular weight is 417 g/mol. The van der Waals surface area contributed by atoms with Crippen LogP contribution in [0, 0.1) is 17.8 Å². The SMILES string of the molecule is CC(C)Oc1nc(N[C@@H]2CCOC2)ncc1C(=O)NC1C2CC3CC1CC(O)(C3)C2. The van der Waals surface area contributed by atoms with Crippen LogP contribution in [0.3, 0.4) is 0 Å². The van der Waals surface area contributed by atoms with Crippen LogP contribution in [0.5, 0.6) is 5.88 Å². The Bertz CT molecular complexity index is 794. The van der Waals surface area contributed by atoms with Gasteiger partial charge in [-0.25, -0.2) is 4.98 Å². The van der Waals surface area contributed by atoms with Gasteiger partial charge in [-0.15, -0.1) is 0 Å². The highest BCUT2D eigenvalue weighted by Crippen LogP contribution is 2.55. The maximum absolute atomic E-state index is 13.2. The molecule has 1 saturated heterocycles. The zero-order valence-electron chi connectivity index (χ0n) is 17.8. The molecule has 0 aromatic carbocycles. The largest absolute Gasteiger partial charge is 0.474 e. The molecule has 6 rings (SSSR count). The molecule has 5 aliphatic rings. The number of rotatable bonds is 6. The van der Waals surface area contributed by atoms with E-state index in [0.29, 0.717) is 41.8 Å². The highest BCUT2D eigenvalue weighted by molar-refractivity contribution is 5.96. The number of ether oxygens (including phenoxy) is 2. The molecule has 3 N–H and O–H groups in total. The van der Waals surface area contributed by atoms with Gasteiger partial charge in [0.1, 0.15) is 5.56 Å². The number of aromatic nitrogens is 2. The summed E-state index contributed by atoms with van der Waals surface area (Å²) < 4.78 is 11.3. The number of anilines is 1. The maximum atomic E-state index is 13.2. The summed E-state index contributed by atoms with van der Waals surface area (Å²) in [6, 6.07) is 0.282. The standard InChI is InChI=1S/C22H32N4O4/c1-12(2)30-20-17(10-23-21(26-20)24-16-3-4-29-11-16)19(27)25-18-14-5-13-6-15(18)9-22(28,7-13)8-14/h10,12-16,18,28H,3-9,11H2,1-2H3,(H,25,27)(H,23,24,26)/t13?,14?,15?,16-,18?,22?/m1/s1. The molecule has 164 valence electrons. The first-order chi connectivity index (χ1) is 14.4. The van der Waals surface area contributed by atoms with Crippen molar-refractivity contribution in [2.24, 2.45) is 17.8 Å². The van der Waals surface area contributed by atoms with Crippen LogP contribution in [0.2, 0.25) is 0 Å². The molecule has 30 heavy (non-hydrogen) atoms. The highest BCUT2D eigenvalue weighted by Gasteiger charge is 2.55. The summed E-state index contributed by atoms with van der Waals surface area (Å²) in [5.41, 5.74) is -0.145. The Morgan fingerprint density at radius 3 is 2.70 bits per heavy atom. The van der Waals surface area contributed by atoms with E-state index in [2.05, 4.69) is 20.6 Å². The third-order valence-electron chi connectivity index (χ3n) is 7.15. The molecule has 2 unspecified atom stereocenters. The lowest BCUT2D eigenvalue weighted by Gasteiger charge is -2.58. The van der Waals surface area contributed by atoms with Gasteiger partial charge >= 0.3 is 0 Å². The van der Waals surface area contributed by atoms with Crippen molar-refractivity contribution < 1.29 is 19.4 Å². The number of aliphatic hydroxyl groups is 1. The number of carbonyl (C=O) groups is 1. The molecule has 1 amide bonds. The van der Waals surface area contributed by atoms with E-state index < -0.39 is 5.60 Å².